The van der Waals surface area contributed by atoms with Crippen molar-refractivity contribution >= 4 is 27.5 Å². The van der Waals surface area contributed by atoms with Crippen LogP contribution in [0.1, 0.15) is 36.5 Å². The molecule has 176 valence electrons. The van der Waals surface area contributed by atoms with Crippen molar-refractivity contribution in [2.24, 2.45) is 5.92 Å². The molecule has 0 unspecified atom stereocenters. The molecule has 0 bridgehead atoms. The predicted octanol–water partition coefficient (Wildman–Crippen LogP) is 2.74. The Morgan fingerprint density at radius 2 is 1.97 bits per heavy atom. The van der Waals surface area contributed by atoms with Crippen LogP contribution in [0.2, 0.25) is 0 Å². The summed E-state index contributed by atoms with van der Waals surface area (Å²) in [6.07, 6.45) is 0.545. The van der Waals surface area contributed by atoms with E-state index in [1.165, 1.54) is 10.4 Å². The van der Waals surface area contributed by atoms with Crippen molar-refractivity contribution in [2.75, 3.05) is 18.4 Å². The standard InChI is InChI=1S/C24H29N3O5S/c1-15-7-4-5-8-18(15)13-25-24(29)19-9-6-10-27(14-19)33(30,31)22-12-21-20(11-16(22)2)26-23(28)17(3)32-21/h4-5,7-8,11-12,17,19H,6,9-10,13-14H2,1-3H3,(H,25,29)(H,26,28)/t17-,19+/m1/s1. The van der Waals surface area contributed by atoms with E-state index in [-0.39, 0.29) is 23.3 Å². The summed E-state index contributed by atoms with van der Waals surface area (Å²) < 4.78 is 34.0. The maximum atomic E-state index is 13.5. The highest BCUT2D eigenvalue weighted by Crippen LogP contribution is 2.36. The summed E-state index contributed by atoms with van der Waals surface area (Å²) in [5, 5.41) is 5.70. The van der Waals surface area contributed by atoms with Crippen molar-refractivity contribution in [3.05, 3.63) is 53.1 Å². The summed E-state index contributed by atoms with van der Waals surface area (Å²) in [5.74, 6) is -0.491. The second-order valence-corrected chi connectivity index (χ2v) is 10.6. The molecule has 8 nitrogen and oxygen atoms in total. The van der Waals surface area contributed by atoms with Crippen molar-refractivity contribution in [3.63, 3.8) is 0 Å². The first-order valence-electron chi connectivity index (χ1n) is 11.1. The van der Waals surface area contributed by atoms with E-state index >= 15 is 0 Å². The van der Waals surface area contributed by atoms with E-state index in [2.05, 4.69) is 10.6 Å². The van der Waals surface area contributed by atoms with Gasteiger partial charge in [-0.25, -0.2) is 8.42 Å². The minimum absolute atomic E-state index is 0.130. The fourth-order valence-electron chi connectivity index (χ4n) is 4.27. The number of nitrogens with zero attached hydrogens (tertiary/aromatic N) is 1. The number of sulfonamides is 1. The number of aryl methyl sites for hydroxylation is 2. The number of nitrogens with one attached hydrogen (secondary N) is 2. The third kappa shape index (κ3) is 4.74. The average Bonchev–Trinajstić information content (AvgIpc) is 2.79. The number of carbonyl (C=O) groups is 2. The first-order chi connectivity index (χ1) is 15.7. The Morgan fingerprint density at radius 3 is 2.73 bits per heavy atom. The van der Waals surface area contributed by atoms with Crippen molar-refractivity contribution in [2.45, 2.75) is 51.2 Å². The van der Waals surface area contributed by atoms with Crippen LogP contribution in [-0.4, -0.2) is 43.7 Å². The van der Waals surface area contributed by atoms with Crippen molar-refractivity contribution in [1.29, 1.82) is 0 Å². The van der Waals surface area contributed by atoms with Gasteiger partial charge < -0.3 is 15.4 Å². The number of amides is 2. The molecule has 4 rings (SSSR count). The molecule has 0 saturated carbocycles. The summed E-state index contributed by atoms with van der Waals surface area (Å²) in [4.78, 5) is 24.8. The lowest BCUT2D eigenvalue weighted by Gasteiger charge is -2.32. The van der Waals surface area contributed by atoms with Crippen LogP contribution in [0.3, 0.4) is 0 Å². The van der Waals surface area contributed by atoms with E-state index in [9.17, 15) is 18.0 Å². The lowest BCUT2D eigenvalue weighted by molar-refractivity contribution is -0.126. The number of fused-ring (bicyclic) bond motifs is 1. The van der Waals surface area contributed by atoms with Gasteiger partial charge in [-0.05, 0) is 56.4 Å². The highest BCUT2D eigenvalue weighted by atomic mass is 32.2. The number of piperidine rings is 1. The molecule has 1 fully saturated rings. The van der Waals surface area contributed by atoms with Crippen LogP contribution < -0.4 is 15.4 Å². The van der Waals surface area contributed by atoms with Gasteiger partial charge in [0.05, 0.1) is 16.5 Å². The van der Waals surface area contributed by atoms with Crippen molar-refractivity contribution < 1.29 is 22.7 Å². The summed E-state index contributed by atoms with van der Waals surface area (Å²) in [5.41, 5.74) is 3.11. The Labute approximate surface area is 194 Å². The van der Waals surface area contributed by atoms with Crippen molar-refractivity contribution in [1.82, 2.24) is 9.62 Å². The lowest BCUT2D eigenvalue weighted by Crippen LogP contribution is -2.45. The lowest BCUT2D eigenvalue weighted by atomic mass is 9.98. The van der Waals surface area contributed by atoms with Crippen LogP contribution in [0, 0.1) is 19.8 Å². The summed E-state index contributed by atoms with van der Waals surface area (Å²) in [6.45, 7) is 6.19. The molecular weight excluding hydrogens is 442 g/mol. The Hall–Kier alpha value is -2.91. The van der Waals surface area contributed by atoms with Crippen LogP contribution in [0.25, 0.3) is 0 Å². The van der Waals surface area contributed by atoms with E-state index in [0.29, 0.717) is 42.9 Å². The molecule has 2 aromatic carbocycles. The number of hydrogen-bond acceptors (Lipinski definition) is 5. The molecule has 2 heterocycles. The molecule has 2 atom stereocenters. The molecule has 0 aromatic heterocycles. The molecule has 2 amide bonds. The molecule has 1 saturated heterocycles. The second-order valence-electron chi connectivity index (χ2n) is 8.71. The number of carbonyl (C=O) groups excluding carboxylic acids is 2. The SMILES string of the molecule is Cc1ccccc1CNC(=O)[C@H]1CCCN(S(=O)(=O)c2cc3c(cc2C)NC(=O)[C@@H](C)O3)C1. The van der Waals surface area contributed by atoms with Crippen LogP contribution in [0.15, 0.2) is 41.3 Å². The van der Waals surface area contributed by atoms with Gasteiger partial charge >= 0.3 is 0 Å². The van der Waals surface area contributed by atoms with Crippen LogP contribution in [0.5, 0.6) is 5.75 Å². The van der Waals surface area contributed by atoms with Crippen LogP contribution >= 0.6 is 0 Å². The molecular formula is C24H29N3O5S. The highest BCUT2D eigenvalue weighted by molar-refractivity contribution is 7.89. The first kappa shape index (κ1) is 23.3. The third-order valence-electron chi connectivity index (χ3n) is 6.30. The molecule has 0 spiro atoms. The minimum atomic E-state index is -3.84. The number of benzene rings is 2. The fraction of sp³-hybridized carbons (Fsp3) is 0.417. The monoisotopic (exact) mass is 471 g/mol. The van der Waals surface area contributed by atoms with E-state index in [0.717, 1.165) is 11.1 Å². The van der Waals surface area contributed by atoms with Crippen molar-refractivity contribution in [3.8, 4) is 5.75 Å². The number of hydrogen-bond donors (Lipinski definition) is 2. The third-order valence-corrected chi connectivity index (χ3v) is 8.30. The minimum Gasteiger partial charge on any atom is -0.479 e. The largest absolute Gasteiger partial charge is 0.479 e. The molecule has 2 aromatic rings. The van der Waals surface area contributed by atoms with E-state index < -0.39 is 22.0 Å². The average molecular weight is 472 g/mol. The van der Waals surface area contributed by atoms with Gasteiger partial charge in [0.25, 0.3) is 5.91 Å². The van der Waals surface area contributed by atoms with Gasteiger partial charge in [0.2, 0.25) is 15.9 Å². The molecule has 33 heavy (non-hydrogen) atoms. The normalized spacial score (nSPS) is 21.0. The molecule has 2 aliphatic rings. The Balaban J connectivity index is 1.49. The molecule has 0 radical (unpaired) electrons. The number of rotatable bonds is 5. The maximum Gasteiger partial charge on any atom is 0.265 e. The van der Waals surface area contributed by atoms with Gasteiger partial charge in [0.15, 0.2) is 6.10 Å². The van der Waals surface area contributed by atoms with E-state index in [1.54, 1.807) is 19.9 Å². The van der Waals surface area contributed by atoms with Gasteiger partial charge in [0.1, 0.15) is 5.75 Å². The zero-order chi connectivity index (χ0) is 23.8. The van der Waals surface area contributed by atoms with Gasteiger partial charge in [0, 0.05) is 25.7 Å². The summed E-state index contributed by atoms with van der Waals surface area (Å²) in [7, 11) is -3.84. The molecule has 2 aliphatic heterocycles. The maximum absolute atomic E-state index is 13.5. The second kappa shape index (κ2) is 9.15. The van der Waals surface area contributed by atoms with Crippen LogP contribution in [-0.2, 0) is 26.2 Å². The molecule has 2 N–H and O–H groups in total. The van der Waals surface area contributed by atoms with Gasteiger partial charge in [-0.1, -0.05) is 24.3 Å². The topological polar surface area (TPSA) is 105 Å². The molecule has 0 aliphatic carbocycles. The van der Waals surface area contributed by atoms with Crippen LogP contribution in [0.4, 0.5) is 5.69 Å². The number of anilines is 1. The first-order valence-corrected chi connectivity index (χ1v) is 12.6. The van der Waals surface area contributed by atoms with E-state index in [1.807, 2.05) is 31.2 Å². The Morgan fingerprint density at radius 1 is 1.21 bits per heavy atom. The number of ether oxygens (including phenoxy) is 1. The Bertz CT molecular complexity index is 1190. The smallest absolute Gasteiger partial charge is 0.265 e. The van der Waals surface area contributed by atoms with E-state index in [4.69, 9.17) is 4.74 Å². The van der Waals surface area contributed by atoms with Gasteiger partial charge in [-0.2, -0.15) is 4.31 Å². The zero-order valence-electron chi connectivity index (χ0n) is 19.1. The summed E-state index contributed by atoms with van der Waals surface area (Å²) in [6, 6.07) is 10.9. The van der Waals surface area contributed by atoms with Gasteiger partial charge in [-0.15, -0.1) is 0 Å². The fourth-order valence-corrected chi connectivity index (χ4v) is 6.02. The summed E-state index contributed by atoms with van der Waals surface area (Å²) >= 11 is 0. The Kier molecular flexibility index (Phi) is 6.45. The van der Waals surface area contributed by atoms with Gasteiger partial charge in [-0.3, -0.25) is 9.59 Å². The quantitative estimate of drug-likeness (QED) is 0.698. The molecule has 9 heteroatoms. The predicted molar refractivity (Wildman–Crippen MR) is 124 cm³/mol. The highest BCUT2D eigenvalue weighted by Gasteiger charge is 2.35. The zero-order valence-corrected chi connectivity index (χ0v) is 19.9.